The maximum Gasteiger partial charge on any atom is 0.347 e. The fourth-order valence-corrected chi connectivity index (χ4v) is 2.46. The summed E-state index contributed by atoms with van der Waals surface area (Å²) < 4.78 is 10.4. The van der Waals surface area contributed by atoms with Gasteiger partial charge in [-0.25, -0.2) is 4.79 Å². The van der Waals surface area contributed by atoms with E-state index in [1.54, 1.807) is 36.4 Å². The zero-order valence-electron chi connectivity index (χ0n) is 13.1. The molecule has 0 atom stereocenters. The van der Waals surface area contributed by atoms with Gasteiger partial charge < -0.3 is 20.2 Å². The maximum absolute atomic E-state index is 12.7. The molecule has 3 rings (SSSR count). The Labute approximate surface area is 137 Å². The van der Waals surface area contributed by atoms with Crippen molar-refractivity contribution in [3.63, 3.8) is 0 Å². The minimum Gasteiger partial charge on any atom is -0.493 e. The molecule has 0 radical (unpaired) electrons. The molecule has 0 saturated carbocycles. The second-order valence-corrected chi connectivity index (χ2v) is 5.09. The van der Waals surface area contributed by atoms with Crippen LogP contribution in [0.4, 0.5) is 5.82 Å². The largest absolute Gasteiger partial charge is 0.493 e. The normalized spacial score (nSPS) is 10.6. The molecule has 3 aromatic rings. The molecular formula is C17H15N3O4. The van der Waals surface area contributed by atoms with Crippen LogP contribution in [0.5, 0.6) is 11.5 Å². The number of hydrogen-bond donors (Lipinski definition) is 2. The predicted molar refractivity (Wildman–Crippen MR) is 89.8 cm³/mol. The van der Waals surface area contributed by atoms with Gasteiger partial charge in [0.2, 0.25) is 0 Å². The van der Waals surface area contributed by atoms with E-state index < -0.39 is 5.69 Å². The second-order valence-electron chi connectivity index (χ2n) is 5.09. The van der Waals surface area contributed by atoms with Crippen molar-refractivity contribution in [2.75, 3.05) is 20.0 Å². The van der Waals surface area contributed by atoms with Crippen molar-refractivity contribution in [2.24, 2.45) is 0 Å². The Bertz CT molecular complexity index is 995. The van der Waals surface area contributed by atoms with Gasteiger partial charge in [0.25, 0.3) is 0 Å². The zero-order valence-corrected chi connectivity index (χ0v) is 13.1. The number of benzene rings is 2. The fourth-order valence-electron chi connectivity index (χ4n) is 2.46. The lowest BCUT2D eigenvalue weighted by Gasteiger charge is -2.09. The number of nitrogen functional groups attached to an aromatic ring is 1. The molecule has 0 saturated heterocycles. The fraction of sp³-hybridized carbons (Fsp3) is 0.118. The van der Waals surface area contributed by atoms with Crippen LogP contribution < -0.4 is 20.9 Å². The third-order valence-corrected chi connectivity index (χ3v) is 3.67. The summed E-state index contributed by atoms with van der Waals surface area (Å²) in [7, 11) is 3.03. The summed E-state index contributed by atoms with van der Waals surface area (Å²) >= 11 is 0. The number of rotatable bonds is 4. The van der Waals surface area contributed by atoms with Crippen molar-refractivity contribution in [3.8, 4) is 11.5 Å². The average molecular weight is 325 g/mol. The molecule has 7 heteroatoms. The SMILES string of the molecule is COc1ccc(C(=O)c2ccc3[nH]c(=O)nc(N)c3c2)cc1OC. The van der Waals surface area contributed by atoms with Crippen LogP contribution in [0.25, 0.3) is 10.9 Å². The third-order valence-electron chi connectivity index (χ3n) is 3.67. The Balaban J connectivity index is 2.07. The number of nitrogens with zero attached hydrogens (tertiary/aromatic N) is 1. The number of ketones is 1. The second kappa shape index (κ2) is 6.04. The predicted octanol–water partition coefficient (Wildman–Crippen LogP) is 1.75. The monoisotopic (exact) mass is 325 g/mol. The van der Waals surface area contributed by atoms with Crippen LogP contribution in [0, 0.1) is 0 Å². The molecule has 1 heterocycles. The van der Waals surface area contributed by atoms with Crippen molar-refractivity contribution < 1.29 is 14.3 Å². The van der Waals surface area contributed by atoms with Crippen molar-refractivity contribution in [2.45, 2.75) is 0 Å². The van der Waals surface area contributed by atoms with Crippen LogP contribution in [0.2, 0.25) is 0 Å². The minimum atomic E-state index is -0.529. The summed E-state index contributed by atoms with van der Waals surface area (Å²) in [6, 6.07) is 9.79. The smallest absolute Gasteiger partial charge is 0.347 e. The van der Waals surface area contributed by atoms with Crippen LogP contribution in [-0.4, -0.2) is 30.0 Å². The van der Waals surface area contributed by atoms with E-state index in [-0.39, 0.29) is 11.6 Å². The first-order valence-electron chi connectivity index (χ1n) is 7.09. The van der Waals surface area contributed by atoms with Gasteiger partial charge in [0.05, 0.1) is 19.7 Å². The van der Waals surface area contributed by atoms with Gasteiger partial charge in [-0.1, -0.05) is 0 Å². The number of anilines is 1. The molecule has 0 aliphatic carbocycles. The van der Waals surface area contributed by atoms with Gasteiger partial charge in [0, 0.05) is 16.5 Å². The van der Waals surface area contributed by atoms with Crippen LogP contribution >= 0.6 is 0 Å². The van der Waals surface area contributed by atoms with E-state index in [0.717, 1.165) is 0 Å². The highest BCUT2D eigenvalue weighted by Gasteiger charge is 2.14. The summed E-state index contributed by atoms with van der Waals surface area (Å²) in [5.41, 5.74) is 6.64. The van der Waals surface area contributed by atoms with Crippen molar-refractivity contribution in [1.82, 2.24) is 9.97 Å². The number of carbonyl (C=O) groups is 1. The molecule has 24 heavy (non-hydrogen) atoms. The number of methoxy groups -OCH3 is 2. The highest BCUT2D eigenvalue weighted by Crippen LogP contribution is 2.29. The first-order valence-corrected chi connectivity index (χ1v) is 7.09. The highest BCUT2D eigenvalue weighted by atomic mass is 16.5. The first-order chi connectivity index (χ1) is 11.5. The van der Waals surface area contributed by atoms with Gasteiger partial charge in [-0.15, -0.1) is 0 Å². The standard InChI is InChI=1S/C17H15N3O4/c1-23-13-6-4-10(8-14(13)24-2)15(21)9-3-5-12-11(7-9)16(18)20-17(22)19-12/h3-8H,1-2H3,(H3,18,19,20,22). The van der Waals surface area contributed by atoms with Gasteiger partial charge in [-0.05, 0) is 36.4 Å². The lowest BCUT2D eigenvalue weighted by molar-refractivity contribution is 0.103. The van der Waals surface area contributed by atoms with Crippen LogP contribution in [0.15, 0.2) is 41.2 Å². The molecule has 3 N–H and O–H groups in total. The van der Waals surface area contributed by atoms with Crippen LogP contribution in [0.3, 0.4) is 0 Å². The van der Waals surface area contributed by atoms with E-state index in [1.165, 1.54) is 14.2 Å². The number of aromatic amines is 1. The molecule has 1 aromatic heterocycles. The number of hydrogen-bond acceptors (Lipinski definition) is 6. The summed E-state index contributed by atoms with van der Waals surface area (Å²) in [6.45, 7) is 0. The highest BCUT2D eigenvalue weighted by molar-refractivity contribution is 6.11. The number of ether oxygens (including phenoxy) is 2. The molecule has 0 bridgehead atoms. The topological polar surface area (TPSA) is 107 Å². The van der Waals surface area contributed by atoms with Gasteiger partial charge in [-0.2, -0.15) is 4.98 Å². The lowest BCUT2D eigenvalue weighted by Crippen LogP contribution is -2.13. The molecular weight excluding hydrogens is 310 g/mol. The number of aromatic nitrogens is 2. The maximum atomic E-state index is 12.7. The van der Waals surface area contributed by atoms with E-state index in [0.29, 0.717) is 33.5 Å². The summed E-state index contributed by atoms with van der Waals surface area (Å²) in [6.07, 6.45) is 0. The summed E-state index contributed by atoms with van der Waals surface area (Å²) in [4.78, 5) is 30.3. The van der Waals surface area contributed by atoms with Crippen molar-refractivity contribution >= 4 is 22.5 Å². The molecule has 0 aliphatic heterocycles. The number of carbonyl (C=O) groups excluding carboxylic acids is 1. The van der Waals surface area contributed by atoms with Crippen molar-refractivity contribution in [1.29, 1.82) is 0 Å². The molecule has 2 aromatic carbocycles. The Hall–Kier alpha value is -3.35. The van der Waals surface area contributed by atoms with E-state index in [1.807, 2.05) is 0 Å². The summed E-state index contributed by atoms with van der Waals surface area (Å²) in [5, 5.41) is 0.515. The molecule has 122 valence electrons. The summed E-state index contributed by atoms with van der Waals surface area (Å²) in [5.74, 6) is 0.882. The van der Waals surface area contributed by atoms with E-state index >= 15 is 0 Å². The minimum absolute atomic E-state index is 0.0794. The molecule has 0 aliphatic rings. The third kappa shape index (κ3) is 2.67. The molecule has 0 fully saturated rings. The van der Waals surface area contributed by atoms with E-state index in [4.69, 9.17) is 15.2 Å². The van der Waals surface area contributed by atoms with Gasteiger partial charge in [0.1, 0.15) is 5.82 Å². The zero-order chi connectivity index (χ0) is 17.3. The van der Waals surface area contributed by atoms with Gasteiger partial charge in [0.15, 0.2) is 17.3 Å². The van der Waals surface area contributed by atoms with Gasteiger partial charge in [-0.3, -0.25) is 4.79 Å². The number of H-pyrrole nitrogens is 1. The Morgan fingerprint density at radius 3 is 2.42 bits per heavy atom. The lowest BCUT2D eigenvalue weighted by atomic mass is 10.0. The van der Waals surface area contributed by atoms with Crippen molar-refractivity contribution in [3.05, 3.63) is 58.0 Å². The molecule has 0 unspecified atom stereocenters. The Morgan fingerprint density at radius 1 is 1.04 bits per heavy atom. The molecule has 0 amide bonds. The average Bonchev–Trinajstić information content (AvgIpc) is 2.60. The van der Waals surface area contributed by atoms with E-state index in [9.17, 15) is 9.59 Å². The van der Waals surface area contributed by atoms with E-state index in [2.05, 4.69) is 9.97 Å². The first kappa shape index (κ1) is 15.5. The van der Waals surface area contributed by atoms with Gasteiger partial charge >= 0.3 is 5.69 Å². The number of fused-ring (bicyclic) bond motifs is 1. The molecule has 0 spiro atoms. The quantitative estimate of drug-likeness (QED) is 0.708. The Kier molecular flexibility index (Phi) is 3.91. The number of nitrogens with one attached hydrogen (secondary N) is 1. The molecule has 7 nitrogen and oxygen atoms in total. The van der Waals surface area contributed by atoms with Crippen LogP contribution in [-0.2, 0) is 0 Å². The number of nitrogens with two attached hydrogens (primary N) is 1. The Morgan fingerprint density at radius 2 is 1.71 bits per heavy atom. The van der Waals surface area contributed by atoms with Crippen LogP contribution in [0.1, 0.15) is 15.9 Å².